The highest BCUT2D eigenvalue weighted by Gasteiger charge is 2.18. The second kappa shape index (κ2) is 6.92. The standard InChI is InChI=1S/C16H26N2O/c1-4-17-11-14-10-13(2)7-8-16(14)18(3)12-15-6-5-9-19-15/h7-8,10,15,17H,4-6,9,11-12H2,1-3H3. The van der Waals surface area contributed by atoms with Crippen molar-refractivity contribution in [3.05, 3.63) is 29.3 Å². The van der Waals surface area contributed by atoms with Gasteiger partial charge in [-0.2, -0.15) is 0 Å². The second-order valence-corrected chi connectivity index (χ2v) is 5.43. The maximum Gasteiger partial charge on any atom is 0.0750 e. The third-order valence-electron chi connectivity index (χ3n) is 3.71. The molecule has 3 nitrogen and oxygen atoms in total. The van der Waals surface area contributed by atoms with Crippen LogP contribution in [0.5, 0.6) is 0 Å². The fourth-order valence-electron chi connectivity index (χ4n) is 2.68. The molecule has 1 aromatic carbocycles. The summed E-state index contributed by atoms with van der Waals surface area (Å²) in [6.45, 7) is 8.15. The van der Waals surface area contributed by atoms with Gasteiger partial charge >= 0.3 is 0 Å². The SMILES string of the molecule is CCNCc1cc(C)ccc1N(C)CC1CCCO1. The Morgan fingerprint density at radius 2 is 2.26 bits per heavy atom. The van der Waals surface area contributed by atoms with Gasteiger partial charge in [0.25, 0.3) is 0 Å². The molecule has 1 aliphatic rings. The molecular formula is C16H26N2O. The Kier molecular flexibility index (Phi) is 5.23. The predicted octanol–water partition coefficient (Wildman–Crippen LogP) is 2.72. The van der Waals surface area contributed by atoms with E-state index >= 15 is 0 Å². The van der Waals surface area contributed by atoms with E-state index in [1.807, 2.05) is 0 Å². The van der Waals surface area contributed by atoms with Crippen LogP contribution in [0.15, 0.2) is 18.2 Å². The smallest absolute Gasteiger partial charge is 0.0750 e. The molecule has 0 amide bonds. The Balaban J connectivity index is 2.07. The van der Waals surface area contributed by atoms with Crippen molar-refractivity contribution < 1.29 is 4.74 Å². The molecule has 0 saturated carbocycles. The van der Waals surface area contributed by atoms with Gasteiger partial charge in [0.1, 0.15) is 0 Å². The van der Waals surface area contributed by atoms with Gasteiger partial charge in [-0.15, -0.1) is 0 Å². The monoisotopic (exact) mass is 262 g/mol. The van der Waals surface area contributed by atoms with Crippen molar-refractivity contribution in [1.29, 1.82) is 0 Å². The van der Waals surface area contributed by atoms with Crippen LogP contribution in [0.4, 0.5) is 5.69 Å². The summed E-state index contributed by atoms with van der Waals surface area (Å²) in [6, 6.07) is 6.71. The maximum absolute atomic E-state index is 5.73. The van der Waals surface area contributed by atoms with Gasteiger partial charge in [0.2, 0.25) is 0 Å². The number of likely N-dealkylation sites (N-methyl/N-ethyl adjacent to an activating group) is 1. The molecule has 0 radical (unpaired) electrons. The van der Waals surface area contributed by atoms with Crippen molar-refractivity contribution in [3.8, 4) is 0 Å². The largest absolute Gasteiger partial charge is 0.376 e. The van der Waals surface area contributed by atoms with Crippen LogP contribution in [0.3, 0.4) is 0 Å². The van der Waals surface area contributed by atoms with Crippen molar-refractivity contribution in [3.63, 3.8) is 0 Å². The lowest BCUT2D eigenvalue weighted by Gasteiger charge is -2.25. The minimum atomic E-state index is 0.401. The first kappa shape index (κ1) is 14.4. The number of hydrogen-bond donors (Lipinski definition) is 1. The van der Waals surface area contributed by atoms with E-state index in [-0.39, 0.29) is 0 Å². The molecule has 1 fully saturated rings. The first-order valence-corrected chi connectivity index (χ1v) is 7.33. The number of hydrogen-bond acceptors (Lipinski definition) is 3. The molecule has 1 aliphatic heterocycles. The molecule has 3 heteroatoms. The molecule has 1 aromatic rings. The molecule has 106 valence electrons. The summed E-state index contributed by atoms with van der Waals surface area (Å²) >= 11 is 0. The number of aryl methyl sites for hydroxylation is 1. The van der Waals surface area contributed by atoms with E-state index < -0.39 is 0 Å². The summed E-state index contributed by atoms with van der Waals surface area (Å²) < 4.78 is 5.73. The lowest BCUT2D eigenvalue weighted by Crippen LogP contribution is -2.29. The molecule has 2 rings (SSSR count). The predicted molar refractivity (Wildman–Crippen MR) is 80.8 cm³/mol. The van der Waals surface area contributed by atoms with Crippen LogP contribution in [0, 0.1) is 6.92 Å². The van der Waals surface area contributed by atoms with E-state index in [4.69, 9.17) is 4.74 Å². The number of nitrogens with one attached hydrogen (secondary N) is 1. The van der Waals surface area contributed by atoms with E-state index in [9.17, 15) is 0 Å². The minimum Gasteiger partial charge on any atom is -0.376 e. The molecular weight excluding hydrogens is 236 g/mol. The van der Waals surface area contributed by atoms with E-state index in [0.717, 1.165) is 26.2 Å². The summed E-state index contributed by atoms with van der Waals surface area (Å²) in [5.74, 6) is 0. The quantitative estimate of drug-likeness (QED) is 0.853. The Hall–Kier alpha value is -1.06. The highest BCUT2D eigenvalue weighted by atomic mass is 16.5. The lowest BCUT2D eigenvalue weighted by molar-refractivity contribution is 0.116. The highest BCUT2D eigenvalue weighted by molar-refractivity contribution is 5.54. The van der Waals surface area contributed by atoms with Crippen molar-refractivity contribution >= 4 is 5.69 Å². The highest BCUT2D eigenvalue weighted by Crippen LogP contribution is 2.23. The van der Waals surface area contributed by atoms with Crippen LogP contribution < -0.4 is 10.2 Å². The maximum atomic E-state index is 5.73. The van der Waals surface area contributed by atoms with Crippen LogP contribution >= 0.6 is 0 Å². The Labute approximate surface area is 116 Å². The normalized spacial score (nSPS) is 18.8. The van der Waals surface area contributed by atoms with E-state index in [1.165, 1.54) is 29.7 Å². The molecule has 0 spiro atoms. The number of anilines is 1. The zero-order valence-corrected chi connectivity index (χ0v) is 12.4. The van der Waals surface area contributed by atoms with Crippen molar-refractivity contribution in [2.75, 3.05) is 31.6 Å². The van der Waals surface area contributed by atoms with Gasteiger partial charge in [0.05, 0.1) is 6.10 Å². The average Bonchev–Trinajstić information content (AvgIpc) is 2.89. The minimum absolute atomic E-state index is 0.401. The Morgan fingerprint density at radius 3 is 2.95 bits per heavy atom. The van der Waals surface area contributed by atoms with Crippen molar-refractivity contribution in [2.24, 2.45) is 0 Å². The fourth-order valence-corrected chi connectivity index (χ4v) is 2.68. The van der Waals surface area contributed by atoms with Gasteiger partial charge in [-0.25, -0.2) is 0 Å². The third kappa shape index (κ3) is 3.95. The van der Waals surface area contributed by atoms with Gasteiger partial charge in [-0.05, 0) is 37.9 Å². The van der Waals surface area contributed by atoms with Gasteiger partial charge < -0.3 is 15.0 Å². The van der Waals surface area contributed by atoms with Crippen LogP contribution in [0.25, 0.3) is 0 Å². The van der Waals surface area contributed by atoms with Crippen LogP contribution in [-0.4, -0.2) is 32.8 Å². The average molecular weight is 262 g/mol. The van der Waals surface area contributed by atoms with Gasteiger partial charge in [0, 0.05) is 32.4 Å². The fraction of sp³-hybridized carbons (Fsp3) is 0.625. The van der Waals surface area contributed by atoms with Crippen LogP contribution in [0.1, 0.15) is 30.9 Å². The molecule has 1 unspecified atom stereocenters. The zero-order valence-electron chi connectivity index (χ0n) is 12.4. The molecule has 1 atom stereocenters. The van der Waals surface area contributed by atoms with Crippen molar-refractivity contribution in [2.45, 2.75) is 39.3 Å². The van der Waals surface area contributed by atoms with Crippen LogP contribution in [0.2, 0.25) is 0 Å². The molecule has 0 aliphatic carbocycles. The second-order valence-electron chi connectivity index (χ2n) is 5.43. The van der Waals surface area contributed by atoms with Gasteiger partial charge in [-0.1, -0.05) is 24.6 Å². The van der Waals surface area contributed by atoms with E-state index in [1.54, 1.807) is 0 Å². The summed E-state index contributed by atoms with van der Waals surface area (Å²) in [6.07, 6.45) is 2.80. The zero-order chi connectivity index (χ0) is 13.7. The molecule has 1 N–H and O–H groups in total. The van der Waals surface area contributed by atoms with E-state index in [2.05, 4.69) is 49.3 Å². The van der Waals surface area contributed by atoms with Crippen molar-refractivity contribution in [1.82, 2.24) is 5.32 Å². The molecule has 19 heavy (non-hydrogen) atoms. The first-order valence-electron chi connectivity index (χ1n) is 7.33. The summed E-state index contributed by atoms with van der Waals surface area (Å²) in [5, 5.41) is 3.42. The van der Waals surface area contributed by atoms with E-state index in [0.29, 0.717) is 6.10 Å². The summed E-state index contributed by atoms with van der Waals surface area (Å²) in [4.78, 5) is 2.34. The number of rotatable bonds is 6. The summed E-state index contributed by atoms with van der Waals surface area (Å²) in [7, 11) is 2.17. The molecule has 1 heterocycles. The van der Waals surface area contributed by atoms with Crippen LogP contribution in [-0.2, 0) is 11.3 Å². The lowest BCUT2D eigenvalue weighted by atomic mass is 10.1. The Morgan fingerprint density at radius 1 is 1.42 bits per heavy atom. The number of ether oxygens (including phenoxy) is 1. The summed E-state index contributed by atoms with van der Waals surface area (Å²) in [5.41, 5.74) is 4.02. The topological polar surface area (TPSA) is 24.5 Å². The molecule has 0 aromatic heterocycles. The number of benzene rings is 1. The van der Waals surface area contributed by atoms with Gasteiger partial charge in [0.15, 0.2) is 0 Å². The number of nitrogens with zero attached hydrogens (tertiary/aromatic N) is 1. The Bertz CT molecular complexity index is 400. The molecule has 0 bridgehead atoms. The first-order chi connectivity index (χ1) is 9.20. The van der Waals surface area contributed by atoms with Gasteiger partial charge in [-0.3, -0.25) is 0 Å². The third-order valence-corrected chi connectivity index (χ3v) is 3.71. The molecule has 1 saturated heterocycles.